The largest absolute Gasteiger partial charge is 0.478 e. The highest BCUT2D eigenvalue weighted by Crippen LogP contribution is 2.27. The Morgan fingerprint density at radius 2 is 2.24 bits per heavy atom. The van der Waals surface area contributed by atoms with Crippen molar-refractivity contribution in [2.75, 3.05) is 13.2 Å². The SMILES string of the molecule is Cc1cc(C(=O)O)cc(S(=O)(=O)NCC2CCCO2)c1Br. The third-order valence-electron chi connectivity index (χ3n) is 3.28. The van der Waals surface area contributed by atoms with E-state index in [0.29, 0.717) is 16.6 Å². The van der Waals surface area contributed by atoms with Gasteiger partial charge >= 0.3 is 5.97 Å². The van der Waals surface area contributed by atoms with Gasteiger partial charge in [-0.1, -0.05) is 0 Å². The fourth-order valence-corrected chi connectivity index (χ4v) is 4.25. The topological polar surface area (TPSA) is 92.7 Å². The number of nitrogens with one attached hydrogen (secondary N) is 1. The van der Waals surface area contributed by atoms with Crippen molar-refractivity contribution in [2.24, 2.45) is 0 Å². The van der Waals surface area contributed by atoms with Crippen LogP contribution in [0.4, 0.5) is 0 Å². The molecule has 2 rings (SSSR count). The summed E-state index contributed by atoms with van der Waals surface area (Å²) in [6.07, 6.45) is 1.61. The molecule has 1 heterocycles. The van der Waals surface area contributed by atoms with Crippen molar-refractivity contribution in [3.8, 4) is 0 Å². The summed E-state index contributed by atoms with van der Waals surface area (Å²) in [6, 6.07) is 2.57. The van der Waals surface area contributed by atoms with Gasteiger partial charge in [0.05, 0.1) is 16.6 Å². The molecule has 1 aromatic rings. The molecule has 116 valence electrons. The van der Waals surface area contributed by atoms with Gasteiger partial charge in [0.25, 0.3) is 0 Å². The van der Waals surface area contributed by atoms with Crippen LogP contribution in [0.1, 0.15) is 28.8 Å². The second kappa shape index (κ2) is 6.43. The van der Waals surface area contributed by atoms with E-state index < -0.39 is 16.0 Å². The van der Waals surface area contributed by atoms with E-state index in [0.717, 1.165) is 18.9 Å². The zero-order chi connectivity index (χ0) is 15.6. The van der Waals surface area contributed by atoms with Gasteiger partial charge in [0.1, 0.15) is 0 Å². The highest BCUT2D eigenvalue weighted by molar-refractivity contribution is 9.10. The van der Waals surface area contributed by atoms with Gasteiger partial charge in [-0.3, -0.25) is 0 Å². The van der Waals surface area contributed by atoms with E-state index >= 15 is 0 Å². The van der Waals surface area contributed by atoms with Gasteiger partial charge in [-0.2, -0.15) is 0 Å². The number of benzene rings is 1. The van der Waals surface area contributed by atoms with Gasteiger partial charge in [0, 0.05) is 17.6 Å². The van der Waals surface area contributed by atoms with Gasteiger partial charge < -0.3 is 9.84 Å². The van der Waals surface area contributed by atoms with E-state index in [4.69, 9.17) is 9.84 Å². The molecule has 6 nitrogen and oxygen atoms in total. The minimum absolute atomic E-state index is 0.0619. The van der Waals surface area contributed by atoms with Crippen LogP contribution in [0.25, 0.3) is 0 Å². The first-order valence-corrected chi connectivity index (χ1v) is 8.73. The zero-order valence-electron chi connectivity index (χ0n) is 11.4. The molecule has 1 saturated heterocycles. The predicted octanol–water partition coefficient (Wildman–Crippen LogP) is 1.91. The number of carboxylic acid groups (broad SMARTS) is 1. The minimum Gasteiger partial charge on any atom is -0.478 e. The first-order chi connectivity index (χ1) is 9.81. The summed E-state index contributed by atoms with van der Waals surface area (Å²) in [4.78, 5) is 11.0. The van der Waals surface area contributed by atoms with Crippen LogP contribution in [0.3, 0.4) is 0 Å². The van der Waals surface area contributed by atoms with E-state index in [1.807, 2.05) is 0 Å². The smallest absolute Gasteiger partial charge is 0.335 e. The van der Waals surface area contributed by atoms with Crippen molar-refractivity contribution >= 4 is 31.9 Å². The quantitative estimate of drug-likeness (QED) is 0.817. The number of carboxylic acids is 1. The third kappa shape index (κ3) is 3.82. The molecule has 1 aliphatic heterocycles. The lowest BCUT2D eigenvalue weighted by Crippen LogP contribution is -2.32. The summed E-state index contributed by atoms with van der Waals surface area (Å²) in [5, 5.41) is 9.04. The van der Waals surface area contributed by atoms with E-state index in [-0.39, 0.29) is 23.1 Å². The molecule has 1 atom stereocenters. The van der Waals surface area contributed by atoms with Crippen molar-refractivity contribution in [1.82, 2.24) is 4.72 Å². The molecule has 1 unspecified atom stereocenters. The minimum atomic E-state index is -3.80. The molecular formula is C13H16BrNO5S. The van der Waals surface area contributed by atoms with E-state index in [2.05, 4.69) is 20.7 Å². The predicted molar refractivity (Wildman–Crippen MR) is 80.0 cm³/mol. The number of rotatable bonds is 5. The van der Waals surface area contributed by atoms with Crippen molar-refractivity contribution in [1.29, 1.82) is 0 Å². The normalized spacial score (nSPS) is 18.9. The third-order valence-corrected chi connectivity index (χ3v) is 6.05. The number of ether oxygens (including phenoxy) is 1. The fraction of sp³-hybridized carbons (Fsp3) is 0.462. The van der Waals surface area contributed by atoms with Crippen LogP contribution < -0.4 is 4.72 Å². The zero-order valence-corrected chi connectivity index (χ0v) is 13.8. The van der Waals surface area contributed by atoms with E-state index in [1.165, 1.54) is 6.07 Å². The van der Waals surface area contributed by atoms with Crippen LogP contribution in [0, 0.1) is 6.92 Å². The van der Waals surface area contributed by atoms with Gasteiger partial charge in [-0.25, -0.2) is 17.9 Å². The molecule has 1 aromatic carbocycles. The standard InChI is InChI=1S/C13H16BrNO5S/c1-8-5-9(13(16)17)6-11(12(8)14)21(18,19)15-7-10-3-2-4-20-10/h5-6,10,15H,2-4,7H2,1H3,(H,16,17). The maximum absolute atomic E-state index is 12.3. The van der Waals surface area contributed by atoms with Crippen LogP contribution in [0.15, 0.2) is 21.5 Å². The van der Waals surface area contributed by atoms with Gasteiger partial charge in [-0.15, -0.1) is 0 Å². The lowest BCUT2D eigenvalue weighted by molar-refractivity contribution is 0.0696. The van der Waals surface area contributed by atoms with Crippen molar-refractivity contribution in [3.05, 3.63) is 27.7 Å². The summed E-state index contributed by atoms with van der Waals surface area (Å²) in [7, 11) is -3.80. The molecule has 8 heteroatoms. The number of hydrogen-bond donors (Lipinski definition) is 2. The van der Waals surface area contributed by atoms with Gasteiger partial charge in [-0.05, 0) is 53.4 Å². The molecule has 0 aromatic heterocycles. The maximum Gasteiger partial charge on any atom is 0.335 e. The molecule has 2 N–H and O–H groups in total. The van der Waals surface area contributed by atoms with Crippen molar-refractivity contribution in [3.63, 3.8) is 0 Å². The van der Waals surface area contributed by atoms with Crippen LogP contribution >= 0.6 is 15.9 Å². The Hall–Kier alpha value is -0.960. The molecule has 0 bridgehead atoms. The van der Waals surface area contributed by atoms with Crippen LogP contribution in [-0.4, -0.2) is 38.7 Å². The summed E-state index contributed by atoms with van der Waals surface area (Å²) >= 11 is 3.21. The monoisotopic (exact) mass is 377 g/mol. The Bertz CT molecular complexity index is 653. The molecule has 0 aliphatic carbocycles. The summed E-state index contributed by atoms with van der Waals surface area (Å²) < 4.78 is 32.9. The van der Waals surface area contributed by atoms with Crippen LogP contribution in [0.2, 0.25) is 0 Å². The second-order valence-electron chi connectivity index (χ2n) is 4.90. The Balaban J connectivity index is 2.27. The number of halogens is 1. The molecule has 0 radical (unpaired) electrons. The van der Waals surface area contributed by atoms with Gasteiger partial charge in [0.15, 0.2) is 0 Å². The van der Waals surface area contributed by atoms with E-state index in [1.54, 1.807) is 6.92 Å². The number of sulfonamides is 1. The molecule has 0 saturated carbocycles. The molecule has 0 spiro atoms. The highest BCUT2D eigenvalue weighted by atomic mass is 79.9. The molecular weight excluding hydrogens is 362 g/mol. The fourth-order valence-electron chi connectivity index (χ4n) is 2.14. The number of carbonyl (C=O) groups is 1. The first-order valence-electron chi connectivity index (χ1n) is 6.46. The Labute approximate surface area is 131 Å². The van der Waals surface area contributed by atoms with Gasteiger partial charge in [0.2, 0.25) is 10.0 Å². The van der Waals surface area contributed by atoms with Crippen LogP contribution in [-0.2, 0) is 14.8 Å². The lowest BCUT2D eigenvalue weighted by Gasteiger charge is -2.14. The molecule has 1 aliphatic rings. The maximum atomic E-state index is 12.3. The Morgan fingerprint density at radius 3 is 2.81 bits per heavy atom. The summed E-state index contributed by atoms with van der Waals surface area (Å²) in [6.45, 7) is 2.48. The van der Waals surface area contributed by atoms with Crippen molar-refractivity contribution in [2.45, 2.75) is 30.8 Å². The average Bonchev–Trinajstić information content (AvgIpc) is 2.92. The molecule has 21 heavy (non-hydrogen) atoms. The molecule has 0 amide bonds. The van der Waals surface area contributed by atoms with Crippen molar-refractivity contribution < 1.29 is 23.1 Å². The summed E-state index contributed by atoms with van der Waals surface area (Å²) in [5.74, 6) is -1.17. The van der Waals surface area contributed by atoms with Crippen LogP contribution in [0.5, 0.6) is 0 Å². The lowest BCUT2D eigenvalue weighted by atomic mass is 10.1. The number of aryl methyl sites for hydroxylation is 1. The Morgan fingerprint density at radius 1 is 1.52 bits per heavy atom. The first kappa shape index (κ1) is 16.4. The number of hydrogen-bond acceptors (Lipinski definition) is 4. The second-order valence-corrected chi connectivity index (χ2v) is 7.43. The Kier molecular flexibility index (Phi) is 5.03. The van der Waals surface area contributed by atoms with E-state index in [9.17, 15) is 13.2 Å². The molecule has 1 fully saturated rings. The average molecular weight is 378 g/mol. The number of aromatic carboxylic acids is 1. The summed E-state index contributed by atoms with van der Waals surface area (Å²) in [5.41, 5.74) is 0.487. The highest BCUT2D eigenvalue weighted by Gasteiger charge is 2.24.